The lowest BCUT2D eigenvalue weighted by Gasteiger charge is -2.28. The summed E-state index contributed by atoms with van der Waals surface area (Å²) in [6, 6.07) is 51.2. The van der Waals surface area contributed by atoms with Gasteiger partial charge in [-0.05, 0) is 110 Å². The van der Waals surface area contributed by atoms with Gasteiger partial charge in [-0.25, -0.2) is 15.0 Å². The zero-order valence-electron chi connectivity index (χ0n) is 43.5. The smallest absolute Gasteiger partial charge is 0.181 e. The summed E-state index contributed by atoms with van der Waals surface area (Å²) in [5.74, 6) is 1.64. The summed E-state index contributed by atoms with van der Waals surface area (Å²) in [7, 11) is 0. The monoisotopic (exact) mass is 946 g/mol. The van der Waals surface area contributed by atoms with Crippen molar-refractivity contribution in [2.24, 2.45) is 0 Å². The molecule has 0 aliphatic rings. The van der Waals surface area contributed by atoms with Crippen LogP contribution in [0.2, 0.25) is 0 Å². The van der Waals surface area contributed by atoms with Gasteiger partial charge in [0.15, 0.2) is 11.2 Å². The number of hydrogen-bond donors (Lipinski definition) is 1. The minimum atomic E-state index is -0.344. The van der Waals surface area contributed by atoms with Crippen LogP contribution in [0.1, 0.15) is 105 Å². The molecular weight excluding hydrogens is 885 g/mol. The second-order valence-corrected chi connectivity index (χ2v) is 23.6. The van der Waals surface area contributed by atoms with Crippen molar-refractivity contribution in [3.63, 3.8) is 0 Å². The van der Waals surface area contributed by atoms with Crippen molar-refractivity contribution in [2.45, 2.75) is 105 Å². The topological polar surface area (TPSA) is 90.1 Å². The van der Waals surface area contributed by atoms with Crippen LogP contribution in [0.5, 0.6) is 5.75 Å². The third-order valence-electron chi connectivity index (χ3n) is 14.3. The molecule has 0 bridgehead atoms. The van der Waals surface area contributed by atoms with E-state index >= 15 is 0 Å². The Morgan fingerprint density at radius 3 is 1.90 bits per heavy atom. The molecule has 0 saturated heterocycles. The maximum atomic E-state index is 12.6. The first kappa shape index (κ1) is 46.6. The molecule has 0 aliphatic carbocycles. The van der Waals surface area contributed by atoms with Crippen molar-refractivity contribution < 1.29 is 13.9 Å². The molecule has 4 heterocycles. The number of imidazole rings is 1. The van der Waals surface area contributed by atoms with Crippen molar-refractivity contribution in [3.8, 4) is 67.7 Å². The number of phenolic OH excluding ortho intramolecular Hbond substituents is 1. The molecule has 4 aromatic heterocycles. The summed E-state index contributed by atoms with van der Waals surface area (Å²) in [5, 5.41) is 14.5. The minimum absolute atomic E-state index is 0.0918. The van der Waals surface area contributed by atoms with E-state index in [0.717, 1.165) is 106 Å². The van der Waals surface area contributed by atoms with Crippen LogP contribution in [0.3, 0.4) is 0 Å². The van der Waals surface area contributed by atoms with Crippen LogP contribution in [-0.2, 0) is 21.7 Å². The molecule has 0 atom stereocenters. The van der Waals surface area contributed by atoms with E-state index in [1.165, 1.54) is 5.56 Å². The van der Waals surface area contributed by atoms with Gasteiger partial charge in [-0.2, -0.15) is 0 Å². The number of aromatic hydroxyl groups is 1. The molecule has 0 amide bonds. The molecule has 1 N–H and O–H groups in total. The number of rotatable bonds is 6. The van der Waals surface area contributed by atoms with E-state index in [-0.39, 0.29) is 27.4 Å². The first-order valence-electron chi connectivity index (χ1n) is 25.0. The number of aromatic nitrogens is 4. The lowest BCUT2D eigenvalue weighted by atomic mass is 9.79. The highest BCUT2D eigenvalue weighted by Gasteiger charge is 2.30. The molecule has 7 nitrogen and oxygen atoms in total. The zero-order valence-corrected chi connectivity index (χ0v) is 43.5. The van der Waals surface area contributed by atoms with E-state index in [1.54, 1.807) is 6.33 Å². The summed E-state index contributed by atoms with van der Waals surface area (Å²) in [6.45, 7) is 26.7. The number of benzene rings is 7. The van der Waals surface area contributed by atoms with Crippen molar-refractivity contribution in [1.29, 1.82) is 0 Å². The Labute approximate surface area is 422 Å². The van der Waals surface area contributed by atoms with Gasteiger partial charge in [-0.1, -0.05) is 162 Å². The van der Waals surface area contributed by atoms with Gasteiger partial charge in [0.05, 0.1) is 38.9 Å². The molecule has 11 aromatic rings. The van der Waals surface area contributed by atoms with Gasteiger partial charge in [0.25, 0.3) is 0 Å². The van der Waals surface area contributed by atoms with Gasteiger partial charge in [-0.3, -0.25) is 4.57 Å². The lowest BCUT2D eigenvalue weighted by Crippen LogP contribution is -2.17. The number of furan rings is 2. The molecule has 7 heteroatoms. The summed E-state index contributed by atoms with van der Waals surface area (Å²) in [6.07, 6.45) is 1.65. The van der Waals surface area contributed by atoms with Crippen LogP contribution in [0.15, 0.2) is 161 Å². The molecule has 360 valence electrons. The second kappa shape index (κ2) is 16.7. The fraction of sp³-hybridized carbons (Fsp3) is 0.246. The fourth-order valence-electron chi connectivity index (χ4n) is 10.0. The normalized spacial score (nSPS) is 12.8. The summed E-state index contributed by atoms with van der Waals surface area (Å²) in [4.78, 5) is 15.5. The average Bonchev–Trinajstić information content (AvgIpc) is 4.04. The van der Waals surface area contributed by atoms with Crippen molar-refractivity contribution >= 4 is 44.1 Å². The third-order valence-corrected chi connectivity index (χ3v) is 14.3. The minimum Gasteiger partial charge on any atom is -0.507 e. The van der Waals surface area contributed by atoms with E-state index in [2.05, 4.69) is 203 Å². The zero-order chi connectivity index (χ0) is 50.6. The average molecular weight is 947 g/mol. The van der Waals surface area contributed by atoms with Crippen LogP contribution in [0.4, 0.5) is 0 Å². The first-order valence-corrected chi connectivity index (χ1v) is 25.0. The molecule has 0 radical (unpaired) electrons. The maximum Gasteiger partial charge on any atom is 0.181 e. The number of phenols is 1. The Bertz CT molecular complexity index is 3910. The quantitative estimate of drug-likeness (QED) is 0.179. The molecule has 72 heavy (non-hydrogen) atoms. The van der Waals surface area contributed by atoms with Gasteiger partial charge in [0.2, 0.25) is 0 Å². The Kier molecular flexibility index (Phi) is 10.8. The summed E-state index contributed by atoms with van der Waals surface area (Å²) < 4.78 is 14.8. The Morgan fingerprint density at radius 1 is 0.472 bits per heavy atom. The van der Waals surface area contributed by atoms with E-state index in [1.807, 2.05) is 30.3 Å². The molecule has 0 spiro atoms. The Hall–Kier alpha value is -7.77. The SMILES string of the molecule is CC(C)(C)c1cc(-c2ncnc3cc(-c4cc5oc6ccccc6c5o4)ccc23)cc(-c2cccc3c2nc(-c2cc(C(C)(C)C)cc(C(C)(C)C)c2O)n3-c2ccc(C(C)(C)C)cc2-c2ccccc2)c1. The van der Waals surface area contributed by atoms with Gasteiger partial charge < -0.3 is 13.9 Å². The van der Waals surface area contributed by atoms with Crippen LogP contribution in [-0.4, -0.2) is 24.6 Å². The van der Waals surface area contributed by atoms with Crippen LogP contribution in [0, 0.1) is 0 Å². The predicted octanol–water partition coefficient (Wildman–Crippen LogP) is 17.7. The molecule has 0 aliphatic heterocycles. The van der Waals surface area contributed by atoms with E-state index in [9.17, 15) is 5.11 Å². The maximum absolute atomic E-state index is 12.6. The number of para-hydroxylation sites is 2. The number of fused-ring (bicyclic) bond motifs is 5. The summed E-state index contributed by atoms with van der Waals surface area (Å²) in [5.41, 5.74) is 17.0. The summed E-state index contributed by atoms with van der Waals surface area (Å²) >= 11 is 0. The van der Waals surface area contributed by atoms with Gasteiger partial charge in [-0.15, -0.1) is 0 Å². The van der Waals surface area contributed by atoms with Crippen molar-refractivity contribution in [3.05, 3.63) is 174 Å². The Morgan fingerprint density at radius 2 is 1.17 bits per heavy atom. The molecule has 7 aromatic carbocycles. The fourth-order valence-corrected chi connectivity index (χ4v) is 10.0. The van der Waals surface area contributed by atoms with E-state index < -0.39 is 0 Å². The largest absolute Gasteiger partial charge is 0.507 e. The number of hydrogen-bond acceptors (Lipinski definition) is 6. The molecule has 0 fully saturated rings. The van der Waals surface area contributed by atoms with E-state index in [0.29, 0.717) is 17.0 Å². The van der Waals surface area contributed by atoms with Crippen LogP contribution < -0.4 is 0 Å². The molecule has 0 unspecified atom stereocenters. The van der Waals surface area contributed by atoms with Crippen molar-refractivity contribution in [2.75, 3.05) is 0 Å². The standard InChI is InChI=1S/C65H62N4O3/c1-62(2,3)42-26-28-52(48(33-42)38-19-14-13-15-20-38)69-53-23-18-22-45(58(53)68-61(69)49-34-44(64(7,8)9)35-50(59(49)70)65(10,11)12)40-29-41(31-43(30-40)63(4,5)6)57-46-27-25-39(32-51(46)66-37-67-57)55-36-56-60(72-55)47-21-16-17-24-54(47)71-56/h13-37,70H,1-12H3. The number of nitrogens with zero attached hydrogens (tertiary/aromatic N) is 4. The van der Waals surface area contributed by atoms with E-state index in [4.69, 9.17) is 23.8 Å². The molecule has 11 rings (SSSR count). The van der Waals surface area contributed by atoms with Gasteiger partial charge in [0.1, 0.15) is 29.2 Å². The highest BCUT2D eigenvalue weighted by molar-refractivity contribution is 6.04. The van der Waals surface area contributed by atoms with Gasteiger partial charge >= 0.3 is 0 Å². The van der Waals surface area contributed by atoms with Crippen LogP contribution in [0.25, 0.3) is 106 Å². The third kappa shape index (κ3) is 8.15. The lowest BCUT2D eigenvalue weighted by molar-refractivity contribution is 0.446. The second-order valence-electron chi connectivity index (χ2n) is 23.6. The molecular formula is C65H62N4O3. The van der Waals surface area contributed by atoms with Crippen molar-refractivity contribution in [1.82, 2.24) is 19.5 Å². The first-order chi connectivity index (χ1) is 34.1. The Balaban J connectivity index is 1.15. The highest BCUT2D eigenvalue weighted by Crippen LogP contribution is 2.47. The van der Waals surface area contributed by atoms with Crippen LogP contribution >= 0.6 is 0 Å². The molecule has 0 saturated carbocycles. The van der Waals surface area contributed by atoms with Gasteiger partial charge in [0, 0.05) is 39.3 Å². The highest BCUT2D eigenvalue weighted by atomic mass is 16.4. The predicted molar refractivity (Wildman–Crippen MR) is 297 cm³/mol.